The lowest BCUT2D eigenvalue weighted by molar-refractivity contribution is 0.0873. The summed E-state index contributed by atoms with van der Waals surface area (Å²) in [5.41, 5.74) is 1.94. The zero-order valence-electron chi connectivity index (χ0n) is 14.4. The molecule has 0 spiro atoms. The molecule has 0 aliphatic heterocycles. The highest BCUT2D eigenvalue weighted by atomic mass is 16.2. The largest absolute Gasteiger partial charge is 0.350 e. The van der Waals surface area contributed by atoms with Gasteiger partial charge in [0.25, 0.3) is 0 Å². The lowest BCUT2D eigenvalue weighted by Gasteiger charge is -2.08. The van der Waals surface area contributed by atoms with E-state index in [2.05, 4.69) is 20.4 Å². The number of carbonyl (C=O) groups excluding carboxylic acids is 1. The van der Waals surface area contributed by atoms with E-state index in [-0.39, 0.29) is 11.8 Å². The summed E-state index contributed by atoms with van der Waals surface area (Å²) in [6.07, 6.45) is 3.78. The topological polar surface area (TPSA) is 72.7 Å². The third-order valence-electron chi connectivity index (χ3n) is 3.66. The van der Waals surface area contributed by atoms with Crippen LogP contribution in [0.5, 0.6) is 0 Å². The van der Waals surface area contributed by atoms with Gasteiger partial charge in [-0.15, -0.1) is 5.10 Å². The van der Waals surface area contributed by atoms with Gasteiger partial charge in [-0.2, -0.15) is 9.67 Å². The summed E-state index contributed by atoms with van der Waals surface area (Å²) in [4.78, 5) is 21.1. The summed E-state index contributed by atoms with van der Waals surface area (Å²) in [5.74, 6) is 1.15. The molecule has 6 nitrogen and oxygen atoms in total. The van der Waals surface area contributed by atoms with Crippen LogP contribution in [0.2, 0.25) is 0 Å². The van der Waals surface area contributed by atoms with Crippen molar-refractivity contribution in [2.24, 2.45) is 5.92 Å². The van der Waals surface area contributed by atoms with E-state index in [0.717, 1.165) is 11.1 Å². The van der Waals surface area contributed by atoms with E-state index >= 15 is 0 Å². The van der Waals surface area contributed by atoms with Gasteiger partial charge < -0.3 is 5.32 Å². The minimum absolute atomic E-state index is 0.0710. The monoisotopic (exact) mass is 335 g/mol. The Bertz CT molecular complexity index is 828. The molecule has 0 amide bonds. The fourth-order valence-corrected chi connectivity index (χ4v) is 2.44. The fourth-order valence-electron chi connectivity index (χ4n) is 2.44. The number of benzene rings is 1. The number of nitrogens with zero attached hydrogens (tertiary/aromatic N) is 4. The van der Waals surface area contributed by atoms with Gasteiger partial charge in [0.1, 0.15) is 0 Å². The van der Waals surface area contributed by atoms with Crippen molar-refractivity contribution >= 4 is 11.9 Å². The van der Waals surface area contributed by atoms with E-state index in [4.69, 9.17) is 0 Å². The Morgan fingerprint density at radius 1 is 1.12 bits per heavy atom. The molecule has 0 fully saturated rings. The molecule has 0 bridgehead atoms. The number of rotatable bonds is 6. The minimum Gasteiger partial charge on any atom is -0.350 e. The zero-order chi connectivity index (χ0) is 17.6. The summed E-state index contributed by atoms with van der Waals surface area (Å²) >= 11 is 0. The molecule has 25 heavy (non-hydrogen) atoms. The molecule has 1 N–H and O–H groups in total. The Morgan fingerprint density at radius 3 is 2.52 bits per heavy atom. The molecule has 128 valence electrons. The third kappa shape index (κ3) is 4.29. The van der Waals surface area contributed by atoms with Crippen molar-refractivity contribution in [1.82, 2.24) is 19.7 Å². The second kappa shape index (κ2) is 7.70. The maximum atomic E-state index is 12.5. The van der Waals surface area contributed by atoms with Crippen molar-refractivity contribution in [2.75, 3.05) is 5.32 Å². The second-order valence-corrected chi connectivity index (χ2v) is 6.24. The van der Waals surface area contributed by atoms with E-state index in [1.54, 1.807) is 12.4 Å². The molecule has 0 saturated carbocycles. The summed E-state index contributed by atoms with van der Waals surface area (Å²) in [7, 11) is 0. The molecule has 0 radical (unpaired) electrons. The van der Waals surface area contributed by atoms with Gasteiger partial charge in [-0.25, -0.2) is 0 Å². The second-order valence-electron chi connectivity index (χ2n) is 6.24. The Kier molecular flexibility index (Phi) is 5.18. The molecular weight excluding hydrogens is 314 g/mol. The average molecular weight is 335 g/mol. The molecule has 1 aromatic carbocycles. The van der Waals surface area contributed by atoms with Crippen LogP contribution < -0.4 is 5.32 Å². The summed E-state index contributed by atoms with van der Waals surface area (Å²) in [6, 6.07) is 13.6. The first-order chi connectivity index (χ1) is 12.1. The van der Waals surface area contributed by atoms with Crippen molar-refractivity contribution in [3.05, 3.63) is 60.4 Å². The molecule has 0 unspecified atom stereocenters. The van der Waals surface area contributed by atoms with Gasteiger partial charge in [0.05, 0.1) is 0 Å². The highest BCUT2D eigenvalue weighted by Gasteiger charge is 2.18. The Morgan fingerprint density at radius 2 is 1.84 bits per heavy atom. The Hall–Kier alpha value is -3.02. The van der Waals surface area contributed by atoms with Crippen LogP contribution in [-0.2, 0) is 6.54 Å². The van der Waals surface area contributed by atoms with Crippen LogP contribution in [0.25, 0.3) is 11.4 Å². The van der Waals surface area contributed by atoms with Gasteiger partial charge in [0, 0.05) is 30.9 Å². The van der Waals surface area contributed by atoms with Crippen LogP contribution in [0.3, 0.4) is 0 Å². The molecule has 6 heteroatoms. The van der Waals surface area contributed by atoms with Crippen LogP contribution >= 0.6 is 0 Å². The van der Waals surface area contributed by atoms with Crippen molar-refractivity contribution in [3.63, 3.8) is 0 Å². The molecule has 0 aliphatic carbocycles. The maximum Gasteiger partial charge on any atom is 0.250 e. The molecule has 0 aliphatic rings. The van der Waals surface area contributed by atoms with Crippen LogP contribution in [-0.4, -0.2) is 25.7 Å². The lowest BCUT2D eigenvalue weighted by Crippen LogP contribution is -2.18. The molecule has 2 heterocycles. The highest BCUT2D eigenvalue weighted by molar-refractivity contribution is 5.81. The van der Waals surface area contributed by atoms with Crippen molar-refractivity contribution < 1.29 is 4.79 Å². The molecule has 3 aromatic rings. The fraction of sp³-hybridized carbons (Fsp3) is 0.263. The van der Waals surface area contributed by atoms with E-state index in [0.29, 0.717) is 24.7 Å². The SMILES string of the molecule is CC(C)CC(=O)n1nc(-c2ccncc2)nc1NCc1ccccc1. The van der Waals surface area contributed by atoms with Crippen LogP contribution in [0.4, 0.5) is 5.95 Å². The van der Waals surface area contributed by atoms with Crippen molar-refractivity contribution in [3.8, 4) is 11.4 Å². The van der Waals surface area contributed by atoms with E-state index in [1.165, 1.54) is 4.68 Å². The lowest BCUT2D eigenvalue weighted by atomic mass is 10.1. The molecule has 0 atom stereocenters. The first-order valence-electron chi connectivity index (χ1n) is 8.32. The normalized spacial score (nSPS) is 10.8. The van der Waals surface area contributed by atoms with Crippen LogP contribution in [0.15, 0.2) is 54.9 Å². The number of aromatic nitrogens is 4. The summed E-state index contributed by atoms with van der Waals surface area (Å²) in [6.45, 7) is 4.59. The van der Waals surface area contributed by atoms with Crippen molar-refractivity contribution in [2.45, 2.75) is 26.8 Å². The van der Waals surface area contributed by atoms with Crippen LogP contribution in [0, 0.1) is 5.92 Å². The standard InChI is InChI=1S/C19H21N5O/c1-14(2)12-17(25)24-19(21-13-15-6-4-3-5-7-15)22-18(23-24)16-8-10-20-11-9-16/h3-11,14H,12-13H2,1-2H3,(H,21,22,23). The van der Waals surface area contributed by atoms with E-state index in [1.807, 2.05) is 56.3 Å². The van der Waals surface area contributed by atoms with Gasteiger partial charge in [-0.3, -0.25) is 9.78 Å². The maximum absolute atomic E-state index is 12.5. The van der Waals surface area contributed by atoms with Gasteiger partial charge in [0.2, 0.25) is 11.9 Å². The first-order valence-corrected chi connectivity index (χ1v) is 8.32. The predicted molar refractivity (Wildman–Crippen MR) is 97.1 cm³/mol. The smallest absolute Gasteiger partial charge is 0.250 e. The number of anilines is 1. The van der Waals surface area contributed by atoms with Gasteiger partial charge >= 0.3 is 0 Å². The summed E-state index contributed by atoms with van der Waals surface area (Å²) in [5, 5.41) is 7.64. The zero-order valence-corrected chi connectivity index (χ0v) is 14.4. The number of pyridine rings is 1. The number of hydrogen-bond acceptors (Lipinski definition) is 5. The molecule has 3 rings (SSSR count). The average Bonchev–Trinajstić information content (AvgIpc) is 3.05. The van der Waals surface area contributed by atoms with Gasteiger partial charge in [0.15, 0.2) is 5.82 Å². The van der Waals surface area contributed by atoms with E-state index in [9.17, 15) is 4.79 Å². The van der Waals surface area contributed by atoms with E-state index < -0.39 is 0 Å². The molecule has 2 aromatic heterocycles. The molecule has 0 saturated heterocycles. The number of hydrogen-bond donors (Lipinski definition) is 1. The minimum atomic E-state index is -0.0710. The van der Waals surface area contributed by atoms with Gasteiger partial charge in [-0.1, -0.05) is 44.2 Å². The first kappa shape index (κ1) is 16.8. The Labute approximate surface area is 146 Å². The third-order valence-corrected chi connectivity index (χ3v) is 3.66. The number of carbonyl (C=O) groups is 1. The quantitative estimate of drug-likeness (QED) is 0.744. The molecular formula is C19H21N5O. The predicted octanol–water partition coefficient (Wildman–Crippen LogP) is 3.64. The van der Waals surface area contributed by atoms with Crippen molar-refractivity contribution in [1.29, 1.82) is 0 Å². The van der Waals surface area contributed by atoms with Crippen LogP contribution in [0.1, 0.15) is 30.6 Å². The number of nitrogens with one attached hydrogen (secondary N) is 1. The summed E-state index contributed by atoms with van der Waals surface area (Å²) < 4.78 is 1.37. The highest BCUT2D eigenvalue weighted by Crippen LogP contribution is 2.18. The van der Waals surface area contributed by atoms with Gasteiger partial charge in [-0.05, 0) is 23.6 Å². The Balaban J connectivity index is 1.88.